The van der Waals surface area contributed by atoms with Crippen LogP contribution in [0.3, 0.4) is 0 Å². The Labute approximate surface area is 86.5 Å². The highest BCUT2D eigenvalue weighted by Gasteiger charge is 2.13. The first-order valence-corrected chi connectivity index (χ1v) is 5.48. The summed E-state index contributed by atoms with van der Waals surface area (Å²) in [5, 5.41) is 0. The van der Waals surface area contributed by atoms with Crippen LogP contribution in [0.5, 0.6) is 0 Å². The van der Waals surface area contributed by atoms with E-state index in [1.54, 1.807) is 6.26 Å². The van der Waals surface area contributed by atoms with E-state index >= 15 is 0 Å². The summed E-state index contributed by atoms with van der Waals surface area (Å²) in [5.74, 6) is 1.68. The molecule has 0 aromatic carbocycles. The highest BCUT2D eigenvalue weighted by Crippen LogP contribution is 2.24. The summed E-state index contributed by atoms with van der Waals surface area (Å²) in [6, 6.07) is 2.17. The van der Waals surface area contributed by atoms with Gasteiger partial charge in [-0.3, -0.25) is 0 Å². The topological polar surface area (TPSA) is 39.2 Å². The van der Waals surface area contributed by atoms with Crippen LogP contribution in [0.15, 0.2) is 16.7 Å². The molecule has 0 saturated carbocycles. The molecule has 0 amide bonds. The van der Waals surface area contributed by atoms with Crippen molar-refractivity contribution in [1.82, 2.24) is 0 Å². The van der Waals surface area contributed by atoms with Gasteiger partial charge in [-0.25, -0.2) is 0 Å². The second-order valence-electron chi connectivity index (χ2n) is 4.02. The lowest BCUT2D eigenvalue weighted by Gasteiger charge is -2.16. The van der Waals surface area contributed by atoms with E-state index in [-0.39, 0.29) is 6.04 Å². The number of hydrogen-bond donors (Lipinski definition) is 1. The zero-order chi connectivity index (χ0) is 10.6. The third kappa shape index (κ3) is 2.88. The molecule has 2 heteroatoms. The lowest BCUT2D eigenvalue weighted by molar-refractivity contribution is 0.412. The molecule has 1 aromatic rings. The lowest BCUT2D eigenvalue weighted by Crippen LogP contribution is -2.14. The minimum absolute atomic E-state index is 0.136. The molecule has 2 nitrogen and oxygen atoms in total. The van der Waals surface area contributed by atoms with Crippen LogP contribution >= 0.6 is 0 Å². The number of hydrogen-bond acceptors (Lipinski definition) is 2. The van der Waals surface area contributed by atoms with E-state index in [1.807, 2.05) is 13.0 Å². The van der Waals surface area contributed by atoms with Crippen molar-refractivity contribution < 1.29 is 4.42 Å². The maximum absolute atomic E-state index is 6.10. The molecule has 0 saturated heterocycles. The van der Waals surface area contributed by atoms with Gasteiger partial charge < -0.3 is 10.2 Å². The molecule has 0 aliphatic carbocycles. The summed E-state index contributed by atoms with van der Waals surface area (Å²) in [5.41, 5.74) is 7.23. The molecule has 1 rings (SSSR count). The SMILES string of the molecule is CCC(CC)CC(N)c1coc(C)c1. The van der Waals surface area contributed by atoms with Gasteiger partial charge in [-0.15, -0.1) is 0 Å². The van der Waals surface area contributed by atoms with Crippen LogP contribution in [0.4, 0.5) is 0 Å². The van der Waals surface area contributed by atoms with Gasteiger partial charge in [0.2, 0.25) is 0 Å². The first kappa shape index (κ1) is 11.3. The molecule has 14 heavy (non-hydrogen) atoms. The molecule has 1 unspecified atom stereocenters. The van der Waals surface area contributed by atoms with Crippen molar-refractivity contribution in [2.75, 3.05) is 0 Å². The van der Waals surface area contributed by atoms with E-state index in [2.05, 4.69) is 13.8 Å². The molecular weight excluding hydrogens is 174 g/mol. The quantitative estimate of drug-likeness (QED) is 0.782. The van der Waals surface area contributed by atoms with Crippen molar-refractivity contribution >= 4 is 0 Å². The average molecular weight is 195 g/mol. The van der Waals surface area contributed by atoms with E-state index < -0.39 is 0 Å². The van der Waals surface area contributed by atoms with Crippen molar-refractivity contribution in [2.45, 2.75) is 46.1 Å². The van der Waals surface area contributed by atoms with Gasteiger partial charge in [0.1, 0.15) is 5.76 Å². The standard InChI is InChI=1S/C12H21NO/c1-4-10(5-2)7-12(13)11-6-9(3)14-8-11/h6,8,10,12H,4-5,7,13H2,1-3H3. The minimum atomic E-state index is 0.136. The van der Waals surface area contributed by atoms with Crippen molar-refractivity contribution in [3.8, 4) is 0 Å². The van der Waals surface area contributed by atoms with Crippen LogP contribution in [0.25, 0.3) is 0 Å². The molecule has 1 heterocycles. The number of aryl methyl sites for hydroxylation is 1. The van der Waals surface area contributed by atoms with Gasteiger partial charge in [0.05, 0.1) is 6.26 Å². The number of rotatable bonds is 5. The predicted octanol–water partition coefficient (Wildman–Crippen LogP) is 3.41. The summed E-state index contributed by atoms with van der Waals surface area (Å²) >= 11 is 0. The molecule has 0 radical (unpaired) electrons. The van der Waals surface area contributed by atoms with E-state index in [0.29, 0.717) is 0 Å². The molecular formula is C12H21NO. The Balaban J connectivity index is 2.53. The van der Waals surface area contributed by atoms with Crippen LogP contribution in [-0.4, -0.2) is 0 Å². The Morgan fingerprint density at radius 1 is 1.36 bits per heavy atom. The highest BCUT2D eigenvalue weighted by molar-refractivity contribution is 5.15. The van der Waals surface area contributed by atoms with Crippen LogP contribution in [0.1, 0.15) is 50.5 Å². The zero-order valence-electron chi connectivity index (χ0n) is 9.42. The van der Waals surface area contributed by atoms with E-state index in [0.717, 1.165) is 23.7 Å². The fourth-order valence-corrected chi connectivity index (χ4v) is 1.78. The molecule has 80 valence electrons. The third-order valence-electron chi connectivity index (χ3n) is 2.92. The van der Waals surface area contributed by atoms with Gasteiger partial charge in [0.25, 0.3) is 0 Å². The Kier molecular flexibility index (Phi) is 4.21. The monoisotopic (exact) mass is 195 g/mol. The zero-order valence-corrected chi connectivity index (χ0v) is 9.42. The summed E-state index contributed by atoms with van der Waals surface area (Å²) in [6.45, 7) is 6.40. The fourth-order valence-electron chi connectivity index (χ4n) is 1.78. The molecule has 2 N–H and O–H groups in total. The summed E-state index contributed by atoms with van der Waals surface area (Å²) in [4.78, 5) is 0. The second-order valence-corrected chi connectivity index (χ2v) is 4.02. The smallest absolute Gasteiger partial charge is 0.101 e. The lowest BCUT2D eigenvalue weighted by atomic mass is 9.93. The fraction of sp³-hybridized carbons (Fsp3) is 0.667. The van der Waals surface area contributed by atoms with Gasteiger partial charge in [-0.1, -0.05) is 26.7 Å². The molecule has 0 aliphatic rings. The Morgan fingerprint density at radius 2 is 2.00 bits per heavy atom. The van der Waals surface area contributed by atoms with Crippen LogP contribution in [0, 0.1) is 12.8 Å². The van der Waals surface area contributed by atoms with Crippen molar-refractivity contribution in [3.63, 3.8) is 0 Å². The van der Waals surface area contributed by atoms with E-state index in [9.17, 15) is 0 Å². The van der Waals surface area contributed by atoms with Gasteiger partial charge in [-0.2, -0.15) is 0 Å². The largest absolute Gasteiger partial charge is 0.469 e. The Hall–Kier alpha value is -0.760. The predicted molar refractivity (Wildman–Crippen MR) is 59.1 cm³/mol. The average Bonchev–Trinajstić information content (AvgIpc) is 2.61. The highest BCUT2D eigenvalue weighted by atomic mass is 16.3. The molecule has 0 fully saturated rings. The third-order valence-corrected chi connectivity index (χ3v) is 2.92. The molecule has 0 spiro atoms. The number of nitrogens with two attached hydrogens (primary N) is 1. The Morgan fingerprint density at radius 3 is 2.43 bits per heavy atom. The van der Waals surface area contributed by atoms with Crippen LogP contribution in [0.2, 0.25) is 0 Å². The van der Waals surface area contributed by atoms with Crippen LogP contribution in [-0.2, 0) is 0 Å². The first-order valence-electron chi connectivity index (χ1n) is 5.48. The van der Waals surface area contributed by atoms with E-state index in [1.165, 1.54) is 12.8 Å². The summed E-state index contributed by atoms with van der Waals surface area (Å²) in [7, 11) is 0. The van der Waals surface area contributed by atoms with Gasteiger partial charge in [0, 0.05) is 11.6 Å². The van der Waals surface area contributed by atoms with Gasteiger partial charge in [0.15, 0.2) is 0 Å². The summed E-state index contributed by atoms with van der Waals surface area (Å²) in [6.07, 6.45) is 5.26. The van der Waals surface area contributed by atoms with Crippen LogP contribution < -0.4 is 5.73 Å². The molecule has 1 aromatic heterocycles. The van der Waals surface area contributed by atoms with E-state index in [4.69, 9.17) is 10.2 Å². The maximum atomic E-state index is 6.10. The summed E-state index contributed by atoms with van der Waals surface area (Å²) < 4.78 is 5.25. The normalized spacial score (nSPS) is 13.5. The van der Waals surface area contributed by atoms with Crippen molar-refractivity contribution in [2.24, 2.45) is 11.7 Å². The minimum Gasteiger partial charge on any atom is -0.469 e. The number of furan rings is 1. The second kappa shape index (κ2) is 5.20. The first-order chi connectivity index (χ1) is 6.67. The Bertz CT molecular complexity index is 263. The molecule has 0 aliphatic heterocycles. The molecule has 0 bridgehead atoms. The maximum Gasteiger partial charge on any atom is 0.101 e. The van der Waals surface area contributed by atoms with Gasteiger partial charge in [-0.05, 0) is 25.3 Å². The van der Waals surface area contributed by atoms with Crippen molar-refractivity contribution in [3.05, 3.63) is 23.7 Å². The molecule has 1 atom stereocenters. The van der Waals surface area contributed by atoms with Gasteiger partial charge >= 0.3 is 0 Å². The van der Waals surface area contributed by atoms with Crippen molar-refractivity contribution in [1.29, 1.82) is 0 Å².